The monoisotopic (exact) mass is 303 g/mol. The average Bonchev–Trinajstić information content (AvgIpc) is 2.32. The number of ether oxygens (including phenoxy) is 1. The molecule has 0 saturated carbocycles. The molecule has 0 radical (unpaired) electrons. The maximum absolute atomic E-state index is 12.3. The first kappa shape index (κ1) is 17.8. The third-order valence-electron chi connectivity index (χ3n) is 3.43. The van der Waals surface area contributed by atoms with Gasteiger partial charge in [-0.05, 0) is 54.0 Å². The molecule has 21 heavy (non-hydrogen) atoms. The highest BCUT2D eigenvalue weighted by Crippen LogP contribution is 2.32. The quantitative estimate of drug-likeness (QED) is 0.874. The highest BCUT2D eigenvalue weighted by Gasteiger charge is 2.31. The Hall–Kier alpha value is -1.23. The van der Waals surface area contributed by atoms with Crippen molar-refractivity contribution in [2.45, 2.75) is 52.3 Å². The van der Waals surface area contributed by atoms with Crippen molar-refractivity contribution >= 4 is 0 Å². The second kappa shape index (κ2) is 6.69. The van der Waals surface area contributed by atoms with Gasteiger partial charge in [0.1, 0.15) is 5.75 Å². The number of hydrogen-bond donors (Lipinski definition) is 1. The standard InChI is InChI=1S/C16H24F3NO/c1-11(10-20)5-6-12-9-13(21-16(17,18)19)7-8-14(12)15(2,3)4/h7-9,11H,5-6,10,20H2,1-4H3. The first-order chi connectivity index (χ1) is 9.53. The zero-order valence-corrected chi connectivity index (χ0v) is 13.1. The molecular weight excluding hydrogens is 279 g/mol. The lowest BCUT2D eigenvalue weighted by molar-refractivity contribution is -0.274. The van der Waals surface area contributed by atoms with Crippen LogP contribution in [0.5, 0.6) is 5.75 Å². The fraction of sp³-hybridized carbons (Fsp3) is 0.625. The van der Waals surface area contributed by atoms with Crippen LogP contribution in [0.3, 0.4) is 0 Å². The van der Waals surface area contributed by atoms with Crippen LogP contribution in [-0.2, 0) is 11.8 Å². The summed E-state index contributed by atoms with van der Waals surface area (Å²) in [5, 5.41) is 0. The zero-order valence-electron chi connectivity index (χ0n) is 13.1. The van der Waals surface area contributed by atoms with Crippen molar-refractivity contribution in [2.24, 2.45) is 11.7 Å². The molecule has 0 fully saturated rings. The van der Waals surface area contributed by atoms with E-state index in [1.165, 1.54) is 12.1 Å². The Morgan fingerprint density at radius 2 is 1.81 bits per heavy atom. The van der Waals surface area contributed by atoms with E-state index in [1.807, 2.05) is 27.7 Å². The lowest BCUT2D eigenvalue weighted by atomic mass is 9.82. The maximum atomic E-state index is 12.3. The van der Waals surface area contributed by atoms with Gasteiger partial charge >= 0.3 is 6.36 Å². The third-order valence-corrected chi connectivity index (χ3v) is 3.43. The number of nitrogens with two attached hydrogens (primary N) is 1. The molecule has 0 aliphatic carbocycles. The Bertz CT molecular complexity index is 464. The van der Waals surface area contributed by atoms with Crippen molar-refractivity contribution in [1.29, 1.82) is 0 Å². The van der Waals surface area contributed by atoms with Crippen LogP contribution >= 0.6 is 0 Å². The van der Waals surface area contributed by atoms with Gasteiger partial charge < -0.3 is 10.5 Å². The van der Waals surface area contributed by atoms with E-state index in [4.69, 9.17) is 5.73 Å². The first-order valence-electron chi connectivity index (χ1n) is 7.12. The SMILES string of the molecule is CC(CN)CCc1cc(OC(F)(F)F)ccc1C(C)(C)C. The summed E-state index contributed by atoms with van der Waals surface area (Å²) in [4.78, 5) is 0. The molecule has 120 valence electrons. The predicted octanol–water partition coefficient (Wildman–Crippen LogP) is 4.41. The molecule has 0 amide bonds. The fourth-order valence-electron chi connectivity index (χ4n) is 2.23. The lowest BCUT2D eigenvalue weighted by Crippen LogP contribution is -2.19. The summed E-state index contributed by atoms with van der Waals surface area (Å²) < 4.78 is 41.0. The third kappa shape index (κ3) is 5.96. The van der Waals surface area contributed by atoms with Crippen LogP contribution in [0.15, 0.2) is 18.2 Å². The predicted molar refractivity (Wildman–Crippen MR) is 78.4 cm³/mol. The van der Waals surface area contributed by atoms with Crippen LogP contribution in [0.2, 0.25) is 0 Å². The molecule has 1 unspecified atom stereocenters. The number of alkyl halides is 3. The van der Waals surface area contributed by atoms with Gasteiger partial charge in [-0.1, -0.05) is 33.8 Å². The summed E-state index contributed by atoms with van der Waals surface area (Å²) in [6.07, 6.45) is -3.12. The van der Waals surface area contributed by atoms with E-state index in [2.05, 4.69) is 4.74 Å². The van der Waals surface area contributed by atoms with Gasteiger partial charge in [0, 0.05) is 0 Å². The number of halogens is 3. The molecule has 0 spiro atoms. The summed E-state index contributed by atoms with van der Waals surface area (Å²) in [7, 11) is 0. The fourth-order valence-corrected chi connectivity index (χ4v) is 2.23. The molecule has 1 aromatic carbocycles. The highest BCUT2D eigenvalue weighted by atomic mass is 19.4. The second-order valence-electron chi connectivity index (χ2n) is 6.50. The van der Waals surface area contributed by atoms with Gasteiger partial charge in [0.05, 0.1) is 0 Å². The molecular formula is C16H24F3NO. The molecule has 1 atom stereocenters. The van der Waals surface area contributed by atoms with Crippen molar-refractivity contribution in [3.63, 3.8) is 0 Å². The van der Waals surface area contributed by atoms with Crippen LogP contribution in [0.4, 0.5) is 13.2 Å². The molecule has 2 nitrogen and oxygen atoms in total. The van der Waals surface area contributed by atoms with Crippen LogP contribution in [0, 0.1) is 5.92 Å². The first-order valence-corrected chi connectivity index (χ1v) is 7.12. The van der Waals surface area contributed by atoms with Crippen molar-refractivity contribution in [2.75, 3.05) is 6.54 Å². The summed E-state index contributed by atoms with van der Waals surface area (Å²) in [6, 6.07) is 4.60. The maximum Gasteiger partial charge on any atom is 0.573 e. The van der Waals surface area contributed by atoms with Gasteiger partial charge in [-0.3, -0.25) is 0 Å². The van der Waals surface area contributed by atoms with Crippen molar-refractivity contribution in [1.82, 2.24) is 0 Å². The van der Waals surface area contributed by atoms with Gasteiger partial charge in [-0.2, -0.15) is 0 Å². The van der Waals surface area contributed by atoms with Gasteiger partial charge in [0.15, 0.2) is 0 Å². The van der Waals surface area contributed by atoms with Gasteiger partial charge in [-0.25, -0.2) is 0 Å². The number of rotatable bonds is 5. The number of benzene rings is 1. The zero-order chi connectivity index (χ0) is 16.3. The van der Waals surface area contributed by atoms with E-state index in [0.29, 0.717) is 18.9 Å². The molecule has 0 aliphatic heterocycles. The molecule has 1 aromatic rings. The van der Waals surface area contributed by atoms with Crippen LogP contribution in [-0.4, -0.2) is 12.9 Å². The average molecular weight is 303 g/mol. The van der Waals surface area contributed by atoms with Crippen molar-refractivity contribution < 1.29 is 17.9 Å². The minimum Gasteiger partial charge on any atom is -0.406 e. The second-order valence-corrected chi connectivity index (χ2v) is 6.50. The Kier molecular flexibility index (Phi) is 5.68. The summed E-state index contributed by atoms with van der Waals surface area (Å²) in [6.45, 7) is 8.74. The van der Waals surface area contributed by atoms with E-state index in [9.17, 15) is 13.2 Å². The van der Waals surface area contributed by atoms with Gasteiger partial charge in [-0.15, -0.1) is 13.2 Å². The summed E-state index contributed by atoms with van der Waals surface area (Å²) in [5.74, 6) is 0.177. The number of aryl methyl sites for hydroxylation is 1. The minimum absolute atomic E-state index is 0.127. The normalized spacial score (nSPS) is 14.1. The van der Waals surface area contributed by atoms with E-state index in [1.54, 1.807) is 6.07 Å². The summed E-state index contributed by atoms with van der Waals surface area (Å²) in [5.41, 5.74) is 7.41. The van der Waals surface area contributed by atoms with Crippen molar-refractivity contribution in [3.05, 3.63) is 29.3 Å². The molecule has 0 heterocycles. The largest absolute Gasteiger partial charge is 0.573 e. The van der Waals surface area contributed by atoms with Crippen LogP contribution in [0.1, 0.15) is 45.2 Å². The number of hydrogen-bond acceptors (Lipinski definition) is 2. The van der Waals surface area contributed by atoms with Gasteiger partial charge in [0.2, 0.25) is 0 Å². The molecule has 5 heteroatoms. The summed E-state index contributed by atoms with van der Waals surface area (Å²) >= 11 is 0. The Labute approximate surface area is 124 Å². The molecule has 0 aromatic heterocycles. The Balaban J connectivity index is 3.05. The Morgan fingerprint density at radius 1 is 1.19 bits per heavy atom. The van der Waals surface area contributed by atoms with E-state index in [0.717, 1.165) is 17.5 Å². The molecule has 0 aliphatic rings. The molecule has 0 saturated heterocycles. The van der Waals surface area contributed by atoms with E-state index in [-0.39, 0.29) is 11.2 Å². The smallest absolute Gasteiger partial charge is 0.406 e. The minimum atomic E-state index is -4.66. The highest BCUT2D eigenvalue weighted by molar-refractivity contribution is 5.39. The van der Waals surface area contributed by atoms with E-state index >= 15 is 0 Å². The van der Waals surface area contributed by atoms with Gasteiger partial charge in [0.25, 0.3) is 0 Å². The van der Waals surface area contributed by atoms with Crippen LogP contribution in [0.25, 0.3) is 0 Å². The molecule has 2 N–H and O–H groups in total. The molecule has 1 rings (SSSR count). The van der Waals surface area contributed by atoms with Crippen molar-refractivity contribution in [3.8, 4) is 5.75 Å². The lowest BCUT2D eigenvalue weighted by Gasteiger charge is -2.24. The van der Waals surface area contributed by atoms with Crippen LogP contribution < -0.4 is 10.5 Å². The topological polar surface area (TPSA) is 35.2 Å². The Morgan fingerprint density at radius 3 is 2.29 bits per heavy atom. The molecule has 0 bridgehead atoms. The van der Waals surface area contributed by atoms with E-state index < -0.39 is 6.36 Å².